The van der Waals surface area contributed by atoms with Gasteiger partial charge < -0.3 is 10.6 Å². The highest BCUT2D eigenvalue weighted by atomic mass is 35.5. The first-order valence-corrected chi connectivity index (χ1v) is 9.47. The number of benzene rings is 1. The van der Waals surface area contributed by atoms with Gasteiger partial charge in [-0.25, -0.2) is 8.42 Å². The van der Waals surface area contributed by atoms with Crippen LogP contribution in [0.15, 0.2) is 29.2 Å². The van der Waals surface area contributed by atoms with Crippen LogP contribution in [-0.2, 0) is 9.84 Å². The van der Waals surface area contributed by atoms with E-state index in [0.717, 1.165) is 0 Å². The lowest BCUT2D eigenvalue weighted by atomic mass is 10.0. The van der Waals surface area contributed by atoms with Crippen molar-refractivity contribution in [2.45, 2.75) is 50.3 Å². The molecule has 0 fully saturated rings. The van der Waals surface area contributed by atoms with Crippen molar-refractivity contribution < 1.29 is 13.2 Å². The zero-order valence-electron chi connectivity index (χ0n) is 15.0. The average Bonchev–Trinajstić information content (AvgIpc) is 2.51. The molecule has 2 N–H and O–H groups in total. The summed E-state index contributed by atoms with van der Waals surface area (Å²) in [5.41, 5.74) is 6.23. The summed E-state index contributed by atoms with van der Waals surface area (Å²) in [5, 5.41) is -0.573. The summed E-state index contributed by atoms with van der Waals surface area (Å²) in [6.07, 6.45) is 0.680. The molecule has 5 nitrogen and oxygen atoms in total. The normalized spacial score (nSPS) is 12.8. The molecule has 0 aliphatic rings. The highest BCUT2D eigenvalue weighted by Gasteiger charge is 2.26. The van der Waals surface area contributed by atoms with E-state index in [-0.39, 0.29) is 34.8 Å². The van der Waals surface area contributed by atoms with Gasteiger partial charge in [-0.3, -0.25) is 4.79 Å². The van der Waals surface area contributed by atoms with Crippen LogP contribution in [0.5, 0.6) is 0 Å². The van der Waals surface area contributed by atoms with Crippen molar-refractivity contribution in [3.05, 3.63) is 29.8 Å². The molecule has 0 bridgehead atoms. The first-order chi connectivity index (χ1) is 10.6. The molecular formula is C17H29ClN2O3S. The van der Waals surface area contributed by atoms with Crippen LogP contribution in [0.2, 0.25) is 0 Å². The summed E-state index contributed by atoms with van der Waals surface area (Å²) in [7, 11) is -1.83. The molecular weight excluding hydrogens is 348 g/mol. The molecule has 0 saturated carbocycles. The van der Waals surface area contributed by atoms with Crippen LogP contribution in [0, 0.1) is 5.92 Å². The van der Waals surface area contributed by atoms with E-state index in [1.54, 1.807) is 39.1 Å². The largest absolute Gasteiger partial charge is 0.342 e. The van der Waals surface area contributed by atoms with Crippen molar-refractivity contribution in [2.24, 2.45) is 11.7 Å². The summed E-state index contributed by atoms with van der Waals surface area (Å²) in [6.45, 7) is 7.80. The first kappa shape index (κ1) is 22.9. The summed E-state index contributed by atoms with van der Waals surface area (Å²) < 4.78 is 24.9. The van der Waals surface area contributed by atoms with Gasteiger partial charge in [0.05, 0.1) is 15.7 Å². The number of hydrogen-bond donors (Lipinski definition) is 1. The van der Waals surface area contributed by atoms with Crippen LogP contribution in [0.3, 0.4) is 0 Å². The summed E-state index contributed by atoms with van der Waals surface area (Å²) in [5.74, 6) is 0.0490. The van der Waals surface area contributed by atoms with Gasteiger partial charge in [0.1, 0.15) is 0 Å². The van der Waals surface area contributed by atoms with E-state index in [0.29, 0.717) is 18.9 Å². The molecule has 0 spiro atoms. The van der Waals surface area contributed by atoms with Crippen molar-refractivity contribution in [3.8, 4) is 0 Å². The third-order valence-electron chi connectivity index (χ3n) is 4.05. The molecule has 0 radical (unpaired) electrons. The van der Waals surface area contributed by atoms with Crippen molar-refractivity contribution in [2.75, 3.05) is 13.6 Å². The molecule has 1 aromatic rings. The maximum Gasteiger partial charge on any atom is 0.254 e. The standard InChI is InChI=1S/C17H28N2O3S.ClH/c1-12(2)15(18)10-11-19(5)17(20)14-8-6-7-9-16(14)23(21,22)13(3)4;/h6-9,12-13,15H,10-11,18H2,1-5H3;1H. The van der Waals surface area contributed by atoms with Crippen LogP contribution in [0.25, 0.3) is 0 Å². The van der Waals surface area contributed by atoms with E-state index in [1.807, 2.05) is 13.8 Å². The van der Waals surface area contributed by atoms with Gasteiger partial charge in [0.25, 0.3) is 5.91 Å². The third kappa shape index (κ3) is 5.46. The van der Waals surface area contributed by atoms with E-state index in [1.165, 1.54) is 11.0 Å². The molecule has 0 aliphatic heterocycles. The summed E-state index contributed by atoms with van der Waals surface area (Å²) in [6, 6.07) is 6.40. The Morgan fingerprint density at radius 1 is 1.17 bits per heavy atom. The Bertz CT molecular complexity index is 645. The number of amides is 1. The maximum absolute atomic E-state index is 12.6. The van der Waals surface area contributed by atoms with Crippen molar-refractivity contribution in [1.82, 2.24) is 4.90 Å². The highest BCUT2D eigenvalue weighted by Crippen LogP contribution is 2.21. The summed E-state index contributed by atoms with van der Waals surface area (Å²) in [4.78, 5) is 14.3. The minimum absolute atomic E-state index is 0. The number of sulfone groups is 1. The number of rotatable bonds is 7. The summed E-state index contributed by atoms with van der Waals surface area (Å²) >= 11 is 0. The van der Waals surface area contributed by atoms with E-state index in [9.17, 15) is 13.2 Å². The Hall–Kier alpha value is -1.11. The van der Waals surface area contributed by atoms with E-state index >= 15 is 0 Å². The first-order valence-electron chi connectivity index (χ1n) is 7.93. The van der Waals surface area contributed by atoms with Crippen molar-refractivity contribution >= 4 is 28.2 Å². The lowest BCUT2D eigenvalue weighted by Crippen LogP contribution is -2.35. The molecule has 0 aliphatic carbocycles. The Morgan fingerprint density at radius 2 is 1.71 bits per heavy atom. The minimum Gasteiger partial charge on any atom is -0.342 e. The maximum atomic E-state index is 12.6. The number of nitrogens with two attached hydrogens (primary N) is 1. The van der Waals surface area contributed by atoms with Gasteiger partial charge in [-0.2, -0.15) is 0 Å². The van der Waals surface area contributed by atoms with E-state index in [2.05, 4.69) is 0 Å². The minimum atomic E-state index is -3.50. The van der Waals surface area contributed by atoms with Crippen LogP contribution in [0.4, 0.5) is 0 Å². The second kappa shape index (κ2) is 9.39. The zero-order chi connectivity index (χ0) is 17.8. The topological polar surface area (TPSA) is 80.5 Å². The van der Waals surface area contributed by atoms with Crippen LogP contribution in [-0.4, -0.2) is 44.1 Å². The Kier molecular flexibility index (Phi) is 8.96. The zero-order valence-corrected chi connectivity index (χ0v) is 16.7. The third-order valence-corrected chi connectivity index (χ3v) is 6.26. The van der Waals surface area contributed by atoms with Gasteiger partial charge in [-0.1, -0.05) is 26.0 Å². The molecule has 1 atom stereocenters. The fraction of sp³-hybridized carbons (Fsp3) is 0.588. The highest BCUT2D eigenvalue weighted by molar-refractivity contribution is 7.92. The van der Waals surface area contributed by atoms with Crippen LogP contribution >= 0.6 is 12.4 Å². The molecule has 1 rings (SSSR count). The number of carbonyl (C=O) groups is 1. The molecule has 138 valence electrons. The second-order valence-electron chi connectivity index (χ2n) is 6.51. The SMILES string of the molecule is CC(C)C(N)CCN(C)C(=O)c1ccccc1S(=O)(=O)C(C)C.Cl. The number of carbonyl (C=O) groups excluding carboxylic acids is 1. The molecule has 1 amide bonds. The van der Waals surface area contributed by atoms with E-state index < -0.39 is 15.1 Å². The fourth-order valence-electron chi connectivity index (χ4n) is 2.13. The number of hydrogen-bond acceptors (Lipinski definition) is 4. The van der Waals surface area contributed by atoms with Gasteiger partial charge in [-0.05, 0) is 38.3 Å². The number of nitrogens with zero attached hydrogens (tertiary/aromatic N) is 1. The lowest BCUT2D eigenvalue weighted by Gasteiger charge is -2.22. The van der Waals surface area contributed by atoms with Gasteiger partial charge in [-0.15, -0.1) is 12.4 Å². The lowest BCUT2D eigenvalue weighted by molar-refractivity contribution is 0.0785. The van der Waals surface area contributed by atoms with Crippen LogP contribution < -0.4 is 5.73 Å². The van der Waals surface area contributed by atoms with Gasteiger partial charge in [0.2, 0.25) is 0 Å². The Labute approximate surface area is 151 Å². The quantitative estimate of drug-likeness (QED) is 0.793. The van der Waals surface area contributed by atoms with Crippen LogP contribution in [0.1, 0.15) is 44.5 Å². The predicted molar refractivity (Wildman–Crippen MR) is 100 cm³/mol. The fourth-order valence-corrected chi connectivity index (χ4v) is 3.37. The monoisotopic (exact) mass is 376 g/mol. The van der Waals surface area contributed by atoms with Gasteiger partial charge in [0, 0.05) is 19.6 Å². The molecule has 0 heterocycles. The van der Waals surface area contributed by atoms with E-state index in [4.69, 9.17) is 5.73 Å². The molecule has 0 aromatic heterocycles. The molecule has 1 unspecified atom stereocenters. The molecule has 24 heavy (non-hydrogen) atoms. The van der Waals surface area contributed by atoms with Crippen molar-refractivity contribution in [1.29, 1.82) is 0 Å². The Balaban J connectivity index is 0.00000529. The van der Waals surface area contributed by atoms with Crippen molar-refractivity contribution in [3.63, 3.8) is 0 Å². The molecule has 1 aromatic carbocycles. The van der Waals surface area contributed by atoms with Gasteiger partial charge >= 0.3 is 0 Å². The average molecular weight is 377 g/mol. The Morgan fingerprint density at radius 3 is 2.21 bits per heavy atom. The second-order valence-corrected chi connectivity index (χ2v) is 8.99. The molecule has 7 heteroatoms. The predicted octanol–water partition coefficient (Wildman–Crippen LogP) is 2.74. The number of halogens is 1. The van der Waals surface area contributed by atoms with Gasteiger partial charge in [0.15, 0.2) is 9.84 Å². The smallest absolute Gasteiger partial charge is 0.254 e. The molecule has 0 saturated heterocycles.